The highest BCUT2D eigenvalue weighted by Gasteiger charge is 2.35. The van der Waals surface area contributed by atoms with Crippen LogP contribution in [-0.2, 0) is 16.1 Å². The summed E-state index contributed by atoms with van der Waals surface area (Å²) in [7, 11) is 0. The van der Waals surface area contributed by atoms with Crippen LogP contribution in [0.2, 0.25) is 0 Å². The van der Waals surface area contributed by atoms with Crippen molar-refractivity contribution >= 4 is 23.3 Å². The number of nitrogens with zero attached hydrogens (tertiary/aromatic N) is 7. The van der Waals surface area contributed by atoms with Gasteiger partial charge in [0.25, 0.3) is 0 Å². The Bertz CT molecular complexity index is 1030. The topological polar surface area (TPSA) is 98.0 Å². The first-order chi connectivity index (χ1) is 16.1. The van der Waals surface area contributed by atoms with E-state index in [2.05, 4.69) is 45.4 Å². The van der Waals surface area contributed by atoms with Crippen molar-refractivity contribution in [1.82, 2.24) is 29.4 Å². The van der Waals surface area contributed by atoms with E-state index >= 15 is 0 Å². The van der Waals surface area contributed by atoms with E-state index in [9.17, 15) is 4.79 Å². The van der Waals surface area contributed by atoms with E-state index in [1.54, 1.807) is 6.33 Å². The Kier molecular flexibility index (Phi) is 6.18. The predicted octanol–water partition coefficient (Wildman–Crippen LogP) is 2.05. The minimum atomic E-state index is -0.0929. The zero-order valence-electron chi connectivity index (χ0n) is 19.7. The Balaban J connectivity index is 1.35. The SMILES string of the molecule is CCN1N=CC(c2nc3c(OC4CCN(C(=O)C5CCOCC5)C4)ncnc3n2CC)C1C. The summed E-state index contributed by atoms with van der Waals surface area (Å²) in [5.74, 6) is 1.82. The Hall–Kier alpha value is -2.75. The van der Waals surface area contributed by atoms with Crippen molar-refractivity contribution < 1.29 is 14.3 Å². The number of rotatable bonds is 6. The number of aryl methyl sites for hydroxylation is 1. The van der Waals surface area contributed by atoms with Crippen molar-refractivity contribution in [3.8, 4) is 5.88 Å². The van der Waals surface area contributed by atoms with Crippen molar-refractivity contribution in [2.45, 2.75) is 64.6 Å². The van der Waals surface area contributed by atoms with E-state index in [1.807, 2.05) is 11.1 Å². The summed E-state index contributed by atoms with van der Waals surface area (Å²) in [6.07, 6.45) is 5.84. The summed E-state index contributed by atoms with van der Waals surface area (Å²) in [5, 5.41) is 6.63. The minimum absolute atomic E-state index is 0.0730. The van der Waals surface area contributed by atoms with Gasteiger partial charge in [0, 0.05) is 51.4 Å². The second kappa shape index (κ2) is 9.24. The molecular formula is C23H33N7O3. The highest BCUT2D eigenvalue weighted by molar-refractivity contribution is 5.80. The summed E-state index contributed by atoms with van der Waals surface area (Å²) < 4.78 is 13.8. The Morgan fingerprint density at radius 2 is 2.00 bits per heavy atom. The number of amides is 1. The summed E-state index contributed by atoms with van der Waals surface area (Å²) in [6.45, 7) is 10.6. The monoisotopic (exact) mass is 455 g/mol. The van der Waals surface area contributed by atoms with E-state index in [0.29, 0.717) is 37.7 Å². The molecule has 0 aromatic carbocycles. The van der Waals surface area contributed by atoms with Gasteiger partial charge in [-0.1, -0.05) is 0 Å². The quantitative estimate of drug-likeness (QED) is 0.657. The molecule has 2 aromatic heterocycles. The fraction of sp³-hybridized carbons (Fsp3) is 0.696. The molecule has 3 atom stereocenters. The number of hydrazone groups is 1. The van der Waals surface area contributed by atoms with Crippen molar-refractivity contribution in [3.05, 3.63) is 12.2 Å². The Labute approximate surface area is 194 Å². The lowest BCUT2D eigenvalue weighted by Crippen LogP contribution is -2.38. The zero-order valence-corrected chi connectivity index (χ0v) is 19.7. The normalized spacial score (nSPS) is 26.0. The first kappa shape index (κ1) is 22.1. The number of ether oxygens (including phenoxy) is 2. The number of likely N-dealkylation sites (N-methyl/N-ethyl adjacent to an activating group) is 1. The minimum Gasteiger partial charge on any atom is -0.471 e. The van der Waals surface area contributed by atoms with Crippen LogP contribution >= 0.6 is 0 Å². The van der Waals surface area contributed by atoms with Gasteiger partial charge in [-0.25, -0.2) is 9.97 Å². The number of imidazole rings is 1. The van der Waals surface area contributed by atoms with Crippen molar-refractivity contribution in [2.24, 2.45) is 11.0 Å². The highest BCUT2D eigenvalue weighted by atomic mass is 16.5. The van der Waals surface area contributed by atoms with Gasteiger partial charge in [-0.15, -0.1) is 0 Å². The van der Waals surface area contributed by atoms with Gasteiger partial charge in [-0.3, -0.25) is 9.80 Å². The van der Waals surface area contributed by atoms with Gasteiger partial charge >= 0.3 is 0 Å². The van der Waals surface area contributed by atoms with Crippen LogP contribution in [0.5, 0.6) is 5.88 Å². The molecule has 3 aliphatic rings. The van der Waals surface area contributed by atoms with Gasteiger partial charge in [0.15, 0.2) is 11.2 Å². The van der Waals surface area contributed by atoms with Gasteiger partial charge in [-0.05, 0) is 33.6 Å². The molecule has 2 aromatic rings. The van der Waals surface area contributed by atoms with Gasteiger partial charge < -0.3 is 18.9 Å². The second-order valence-electron chi connectivity index (χ2n) is 9.05. The molecule has 0 spiro atoms. The fourth-order valence-electron chi connectivity index (χ4n) is 5.19. The van der Waals surface area contributed by atoms with Crippen LogP contribution in [0.15, 0.2) is 11.4 Å². The maximum Gasteiger partial charge on any atom is 0.245 e. The zero-order chi connectivity index (χ0) is 22.9. The van der Waals surface area contributed by atoms with E-state index in [-0.39, 0.29) is 29.9 Å². The largest absolute Gasteiger partial charge is 0.471 e. The number of carbonyl (C=O) groups excluding carboxylic acids is 1. The average Bonchev–Trinajstić information content (AvgIpc) is 3.56. The van der Waals surface area contributed by atoms with E-state index in [4.69, 9.17) is 14.5 Å². The predicted molar refractivity (Wildman–Crippen MR) is 123 cm³/mol. The molecule has 10 nitrogen and oxygen atoms in total. The molecule has 3 unspecified atom stereocenters. The third-order valence-corrected chi connectivity index (χ3v) is 7.14. The molecule has 0 bridgehead atoms. The molecular weight excluding hydrogens is 422 g/mol. The smallest absolute Gasteiger partial charge is 0.245 e. The van der Waals surface area contributed by atoms with Crippen molar-refractivity contribution in [3.63, 3.8) is 0 Å². The third-order valence-electron chi connectivity index (χ3n) is 7.14. The molecule has 2 fully saturated rings. The van der Waals surface area contributed by atoms with Crippen LogP contribution < -0.4 is 4.74 Å². The molecule has 5 heterocycles. The number of likely N-dealkylation sites (tertiary alicyclic amines) is 1. The van der Waals surface area contributed by atoms with Crippen LogP contribution in [0.25, 0.3) is 11.2 Å². The lowest BCUT2D eigenvalue weighted by molar-refractivity contribution is -0.137. The molecule has 0 saturated carbocycles. The second-order valence-corrected chi connectivity index (χ2v) is 9.05. The lowest BCUT2D eigenvalue weighted by Gasteiger charge is -2.26. The van der Waals surface area contributed by atoms with Crippen LogP contribution in [0.1, 0.15) is 51.8 Å². The molecule has 5 rings (SSSR count). The molecule has 2 saturated heterocycles. The molecule has 0 radical (unpaired) electrons. The summed E-state index contributed by atoms with van der Waals surface area (Å²) in [6, 6.07) is 0.231. The molecule has 1 amide bonds. The fourth-order valence-corrected chi connectivity index (χ4v) is 5.19. The highest BCUT2D eigenvalue weighted by Crippen LogP contribution is 2.32. The van der Waals surface area contributed by atoms with Gasteiger partial charge in [-0.2, -0.15) is 10.1 Å². The van der Waals surface area contributed by atoms with Gasteiger partial charge in [0.2, 0.25) is 11.8 Å². The average molecular weight is 456 g/mol. The molecule has 178 valence electrons. The summed E-state index contributed by atoms with van der Waals surface area (Å²) in [5.41, 5.74) is 1.46. The van der Waals surface area contributed by atoms with Crippen molar-refractivity contribution in [1.29, 1.82) is 0 Å². The standard InChI is InChI=1S/C23H33N7O3/c1-4-29-20(18-12-26-30(5-2)15(18)3)27-19-21(29)24-14-25-22(19)33-17-6-9-28(13-17)23(31)16-7-10-32-11-8-16/h12,14-18H,4-11,13H2,1-3H3. The maximum atomic E-state index is 12.9. The Morgan fingerprint density at radius 3 is 2.73 bits per heavy atom. The third kappa shape index (κ3) is 4.05. The number of carbonyl (C=O) groups is 1. The number of hydrogen-bond acceptors (Lipinski definition) is 8. The van der Waals surface area contributed by atoms with Gasteiger partial charge in [0.1, 0.15) is 18.3 Å². The first-order valence-electron chi connectivity index (χ1n) is 12.2. The summed E-state index contributed by atoms with van der Waals surface area (Å²) in [4.78, 5) is 28.7. The number of hydrogen-bond donors (Lipinski definition) is 0. The van der Waals surface area contributed by atoms with E-state index in [1.165, 1.54) is 0 Å². The van der Waals surface area contributed by atoms with E-state index in [0.717, 1.165) is 43.8 Å². The molecule has 33 heavy (non-hydrogen) atoms. The van der Waals surface area contributed by atoms with Crippen LogP contribution in [0.3, 0.4) is 0 Å². The molecule has 0 N–H and O–H groups in total. The summed E-state index contributed by atoms with van der Waals surface area (Å²) >= 11 is 0. The first-order valence-corrected chi connectivity index (χ1v) is 12.2. The van der Waals surface area contributed by atoms with E-state index < -0.39 is 0 Å². The van der Waals surface area contributed by atoms with Crippen LogP contribution in [0.4, 0.5) is 0 Å². The molecule has 0 aliphatic carbocycles. The lowest BCUT2D eigenvalue weighted by atomic mass is 9.99. The number of aromatic nitrogens is 4. The number of fused-ring (bicyclic) bond motifs is 1. The van der Waals surface area contributed by atoms with Crippen LogP contribution in [-0.4, -0.2) is 86.5 Å². The molecule has 10 heteroatoms. The van der Waals surface area contributed by atoms with Crippen molar-refractivity contribution in [2.75, 3.05) is 32.8 Å². The van der Waals surface area contributed by atoms with Gasteiger partial charge in [0.05, 0.1) is 18.5 Å². The van der Waals surface area contributed by atoms with Crippen LogP contribution in [0, 0.1) is 5.92 Å². The molecule has 3 aliphatic heterocycles. The maximum absolute atomic E-state index is 12.9. The Morgan fingerprint density at radius 1 is 1.18 bits per heavy atom.